The smallest absolute Gasteiger partial charge is 0.339 e. The van der Waals surface area contributed by atoms with Crippen LogP contribution in [-0.2, 0) is 10.1 Å². The predicted molar refractivity (Wildman–Crippen MR) is 86.3 cm³/mol. The van der Waals surface area contributed by atoms with E-state index in [1.807, 2.05) is 0 Å². The molecule has 0 aromatic heterocycles. The van der Waals surface area contributed by atoms with Crippen molar-refractivity contribution in [2.75, 3.05) is 13.2 Å². The lowest BCUT2D eigenvalue weighted by Gasteiger charge is -2.11. The second-order valence-electron chi connectivity index (χ2n) is 4.77. The standard InChI is InChI=1S/C15H12Cl2O5S/c16-12-4-2-10(8-13(12)17)22-23(18,19)11-3-5-14-15(9-11)21-7-1-6-20-14/h2-5,8-9H,1,6-7H2. The van der Waals surface area contributed by atoms with Gasteiger partial charge in [0, 0.05) is 18.6 Å². The lowest BCUT2D eigenvalue weighted by molar-refractivity contribution is 0.296. The predicted octanol–water partition coefficient (Wildman–Crippen LogP) is 3.92. The molecule has 1 heterocycles. The Balaban J connectivity index is 1.90. The van der Waals surface area contributed by atoms with Gasteiger partial charge >= 0.3 is 10.1 Å². The molecule has 0 atom stereocenters. The van der Waals surface area contributed by atoms with Crippen LogP contribution in [0.1, 0.15) is 6.42 Å². The van der Waals surface area contributed by atoms with Gasteiger partial charge in [0.25, 0.3) is 0 Å². The van der Waals surface area contributed by atoms with Crippen molar-refractivity contribution in [3.63, 3.8) is 0 Å². The molecular weight excluding hydrogens is 363 g/mol. The molecule has 1 aliphatic heterocycles. The lowest BCUT2D eigenvalue weighted by Crippen LogP contribution is -2.10. The van der Waals surface area contributed by atoms with Gasteiger partial charge < -0.3 is 13.7 Å². The quantitative estimate of drug-likeness (QED) is 0.761. The second kappa shape index (κ2) is 6.47. The third kappa shape index (κ3) is 3.65. The first-order valence-electron chi connectivity index (χ1n) is 6.75. The van der Waals surface area contributed by atoms with Gasteiger partial charge in [-0.25, -0.2) is 0 Å². The van der Waals surface area contributed by atoms with Crippen LogP contribution in [0, 0.1) is 0 Å². The second-order valence-corrected chi connectivity index (χ2v) is 7.13. The Labute approximate surface area is 143 Å². The third-order valence-electron chi connectivity index (χ3n) is 3.10. The number of benzene rings is 2. The fraction of sp³-hybridized carbons (Fsp3) is 0.200. The highest BCUT2D eigenvalue weighted by Gasteiger charge is 2.21. The normalized spacial score (nSPS) is 14.2. The van der Waals surface area contributed by atoms with Crippen molar-refractivity contribution in [1.82, 2.24) is 0 Å². The molecule has 0 spiro atoms. The van der Waals surface area contributed by atoms with Crippen molar-refractivity contribution in [1.29, 1.82) is 0 Å². The summed E-state index contributed by atoms with van der Waals surface area (Å²) in [4.78, 5) is -0.0344. The maximum atomic E-state index is 12.4. The summed E-state index contributed by atoms with van der Waals surface area (Å²) in [5.74, 6) is 0.962. The molecule has 122 valence electrons. The molecule has 2 aromatic rings. The molecule has 0 amide bonds. The van der Waals surface area contributed by atoms with Crippen LogP contribution in [0.2, 0.25) is 10.0 Å². The Morgan fingerprint density at radius 2 is 1.65 bits per heavy atom. The Bertz CT molecular complexity index is 836. The summed E-state index contributed by atoms with van der Waals surface area (Å²) in [6.45, 7) is 0.989. The number of rotatable bonds is 3. The summed E-state index contributed by atoms with van der Waals surface area (Å²) >= 11 is 11.7. The molecule has 0 saturated carbocycles. The average molecular weight is 375 g/mol. The maximum absolute atomic E-state index is 12.4. The van der Waals surface area contributed by atoms with Gasteiger partial charge in [0.2, 0.25) is 0 Å². The van der Waals surface area contributed by atoms with Gasteiger partial charge in [0.15, 0.2) is 11.5 Å². The van der Waals surface area contributed by atoms with Crippen LogP contribution in [0.25, 0.3) is 0 Å². The van der Waals surface area contributed by atoms with E-state index in [0.29, 0.717) is 29.7 Å². The van der Waals surface area contributed by atoms with Crippen molar-refractivity contribution in [3.8, 4) is 17.2 Å². The van der Waals surface area contributed by atoms with Gasteiger partial charge in [0.1, 0.15) is 10.6 Å². The van der Waals surface area contributed by atoms with Crippen molar-refractivity contribution >= 4 is 33.3 Å². The minimum absolute atomic E-state index is 0.0344. The zero-order chi connectivity index (χ0) is 16.4. The first-order valence-corrected chi connectivity index (χ1v) is 8.91. The lowest BCUT2D eigenvalue weighted by atomic mass is 10.3. The fourth-order valence-electron chi connectivity index (χ4n) is 2.00. The van der Waals surface area contributed by atoms with Crippen LogP contribution < -0.4 is 13.7 Å². The molecule has 0 fully saturated rings. The summed E-state index contributed by atoms with van der Waals surface area (Å²) in [6.07, 6.45) is 0.733. The summed E-state index contributed by atoms with van der Waals surface area (Å²) in [5, 5.41) is 0.519. The van der Waals surface area contributed by atoms with Crippen LogP contribution in [0.3, 0.4) is 0 Å². The zero-order valence-corrected chi connectivity index (χ0v) is 14.1. The first kappa shape index (κ1) is 16.2. The largest absolute Gasteiger partial charge is 0.490 e. The van der Waals surface area contributed by atoms with E-state index in [-0.39, 0.29) is 15.7 Å². The van der Waals surface area contributed by atoms with Gasteiger partial charge in [0.05, 0.1) is 23.3 Å². The maximum Gasteiger partial charge on any atom is 0.339 e. The molecule has 1 aliphatic rings. The molecule has 0 N–H and O–H groups in total. The first-order chi connectivity index (χ1) is 11.0. The van der Waals surface area contributed by atoms with Crippen molar-refractivity contribution in [2.45, 2.75) is 11.3 Å². The van der Waals surface area contributed by atoms with Crippen LogP contribution in [0.4, 0.5) is 0 Å². The summed E-state index contributed by atoms with van der Waals surface area (Å²) in [7, 11) is -4.03. The van der Waals surface area contributed by atoms with Gasteiger partial charge in [-0.15, -0.1) is 0 Å². The number of halogens is 2. The molecule has 0 aliphatic carbocycles. The van der Waals surface area contributed by atoms with E-state index in [4.69, 9.17) is 36.9 Å². The average Bonchev–Trinajstić information content (AvgIpc) is 2.75. The number of hydrogen-bond acceptors (Lipinski definition) is 5. The minimum atomic E-state index is -4.03. The van der Waals surface area contributed by atoms with E-state index in [1.165, 1.54) is 30.3 Å². The Morgan fingerprint density at radius 1 is 0.913 bits per heavy atom. The van der Waals surface area contributed by atoms with Crippen LogP contribution in [0.15, 0.2) is 41.3 Å². The topological polar surface area (TPSA) is 61.8 Å². The monoisotopic (exact) mass is 374 g/mol. The van der Waals surface area contributed by atoms with Crippen molar-refractivity contribution in [3.05, 3.63) is 46.4 Å². The van der Waals surface area contributed by atoms with E-state index >= 15 is 0 Å². The Kier molecular flexibility index (Phi) is 4.57. The minimum Gasteiger partial charge on any atom is -0.490 e. The van der Waals surface area contributed by atoms with Gasteiger partial charge in [-0.05, 0) is 24.3 Å². The van der Waals surface area contributed by atoms with E-state index in [0.717, 1.165) is 6.42 Å². The highest BCUT2D eigenvalue weighted by molar-refractivity contribution is 7.87. The molecule has 8 heteroatoms. The Hall–Kier alpha value is -1.63. The highest BCUT2D eigenvalue weighted by atomic mass is 35.5. The highest BCUT2D eigenvalue weighted by Crippen LogP contribution is 2.33. The molecule has 5 nitrogen and oxygen atoms in total. The van der Waals surface area contributed by atoms with E-state index in [2.05, 4.69) is 0 Å². The van der Waals surface area contributed by atoms with Crippen LogP contribution in [0.5, 0.6) is 17.2 Å². The molecule has 0 radical (unpaired) electrons. The fourth-order valence-corrected chi connectivity index (χ4v) is 3.23. The van der Waals surface area contributed by atoms with Gasteiger partial charge in [-0.1, -0.05) is 23.2 Å². The molecule has 23 heavy (non-hydrogen) atoms. The molecule has 0 unspecified atom stereocenters. The summed E-state index contributed by atoms with van der Waals surface area (Å²) < 4.78 is 40.8. The van der Waals surface area contributed by atoms with E-state index in [1.54, 1.807) is 6.07 Å². The summed E-state index contributed by atoms with van der Waals surface area (Å²) in [6, 6.07) is 8.56. The summed E-state index contributed by atoms with van der Waals surface area (Å²) in [5.41, 5.74) is 0. The molecule has 3 rings (SSSR count). The van der Waals surface area contributed by atoms with E-state index < -0.39 is 10.1 Å². The van der Waals surface area contributed by atoms with Crippen LogP contribution >= 0.6 is 23.2 Å². The third-order valence-corrected chi connectivity index (χ3v) is 5.09. The number of hydrogen-bond donors (Lipinski definition) is 0. The van der Waals surface area contributed by atoms with E-state index in [9.17, 15) is 8.42 Å². The zero-order valence-electron chi connectivity index (χ0n) is 11.8. The van der Waals surface area contributed by atoms with Gasteiger partial charge in [-0.3, -0.25) is 0 Å². The molecule has 0 bridgehead atoms. The SMILES string of the molecule is O=S(=O)(Oc1ccc(Cl)c(Cl)c1)c1ccc2c(c1)OCCCO2. The molecular formula is C15H12Cl2O5S. The Morgan fingerprint density at radius 3 is 2.39 bits per heavy atom. The number of fused-ring (bicyclic) bond motifs is 1. The molecule has 0 saturated heterocycles. The number of ether oxygens (including phenoxy) is 2. The van der Waals surface area contributed by atoms with Crippen LogP contribution in [-0.4, -0.2) is 21.6 Å². The van der Waals surface area contributed by atoms with Crippen molar-refractivity contribution < 1.29 is 22.1 Å². The van der Waals surface area contributed by atoms with Crippen molar-refractivity contribution in [2.24, 2.45) is 0 Å². The molecule has 2 aromatic carbocycles. The van der Waals surface area contributed by atoms with Gasteiger partial charge in [-0.2, -0.15) is 8.42 Å².